The summed E-state index contributed by atoms with van der Waals surface area (Å²) in [7, 11) is 0. The van der Waals surface area contributed by atoms with Crippen molar-refractivity contribution >= 4 is 6.04 Å². The van der Waals surface area contributed by atoms with Gasteiger partial charge in [-0.1, -0.05) is 12.1 Å². The minimum Gasteiger partial charge on any atom is -0.261 e. The molecule has 0 saturated heterocycles. The molecule has 1 aromatic rings. The van der Waals surface area contributed by atoms with Crippen molar-refractivity contribution < 1.29 is 13.6 Å². The van der Waals surface area contributed by atoms with Gasteiger partial charge in [0.2, 0.25) is 0 Å². The summed E-state index contributed by atoms with van der Waals surface area (Å²) in [6, 6.07) is 3.74. The van der Waals surface area contributed by atoms with E-state index in [-0.39, 0.29) is 12.2 Å². The molecule has 0 atom stereocenters. The molecule has 58 valence electrons. The quantitative estimate of drug-likeness (QED) is 0.597. The first kappa shape index (κ1) is 7.85. The molecule has 0 unspecified atom stereocenters. The second-order valence-corrected chi connectivity index (χ2v) is 2.16. The van der Waals surface area contributed by atoms with Gasteiger partial charge in [0.25, 0.3) is 0 Å². The summed E-state index contributed by atoms with van der Waals surface area (Å²) in [6.07, 6.45) is -0.278. The monoisotopic (exact) mass is 156 g/mol. The highest BCUT2D eigenvalue weighted by molar-refractivity contribution is 5.71. The summed E-state index contributed by atoms with van der Waals surface area (Å²) in [5, 5.41) is 0. The molecule has 0 amide bonds. The molecule has 3 heteroatoms. The summed E-state index contributed by atoms with van der Waals surface area (Å²) in [5.74, 6) is -0.389. The zero-order valence-corrected chi connectivity index (χ0v) is 5.68. The van der Waals surface area contributed by atoms with Crippen LogP contribution in [0, 0.1) is 5.82 Å². The summed E-state index contributed by atoms with van der Waals surface area (Å²) in [6.45, 7) is 0. The van der Waals surface area contributed by atoms with E-state index in [1.807, 2.05) is 0 Å². The van der Waals surface area contributed by atoms with Crippen molar-refractivity contribution in [3.8, 4) is 0 Å². The highest BCUT2D eigenvalue weighted by Gasteiger charge is 1.99. The molecular formula is C8H6F2O. The smallest absolute Gasteiger partial charge is 0.261 e. The molecule has 0 heterocycles. The Morgan fingerprint density at radius 3 is 2.27 bits per heavy atom. The Labute approximate surface area is 62.7 Å². The number of hydrogen-bond donors (Lipinski definition) is 0. The van der Waals surface area contributed by atoms with Crippen LogP contribution in [0.3, 0.4) is 0 Å². The maximum Gasteiger partial charge on any atom is 0.305 e. The van der Waals surface area contributed by atoms with Gasteiger partial charge in [0.15, 0.2) is 0 Å². The molecule has 0 aromatic heterocycles. The van der Waals surface area contributed by atoms with Gasteiger partial charge in [0, 0.05) is 0 Å². The zero-order valence-electron chi connectivity index (χ0n) is 5.68. The van der Waals surface area contributed by atoms with E-state index in [0.29, 0.717) is 5.56 Å². The molecule has 0 aliphatic carbocycles. The molecule has 0 N–H and O–H groups in total. The number of carbonyl (C=O) groups is 1. The lowest BCUT2D eigenvalue weighted by Gasteiger charge is -1.93. The van der Waals surface area contributed by atoms with Crippen LogP contribution in [0.15, 0.2) is 24.3 Å². The first-order chi connectivity index (χ1) is 5.18. The average molecular weight is 156 g/mol. The highest BCUT2D eigenvalue weighted by atomic mass is 19.1. The predicted molar refractivity (Wildman–Crippen MR) is 36.2 cm³/mol. The molecule has 1 aromatic carbocycles. The molecule has 0 saturated carbocycles. The second-order valence-electron chi connectivity index (χ2n) is 2.16. The number of carbonyl (C=O) groups excluding carboxylic acids is 1. The largest absolute Gasteiger partial charge is 0.305 e. The van der Waals surface area contributed by atoms with E-state index >= 15 is 0 Å². The number of hydrogen-bond acceptors (Lipinski definition) is 1. The van der Waals surface area contributed by atoms with E-state index < -0.39 is 6.04 Å². The molecule has 0 aliphatic rings. The molecule has 1 nitrogen and oxygen atoms in total. The second kappa shape index (κ2) is 3.23. The van der Waals surface area contributed by atoms with Crippen molar-refractivity contribution in [1.82, 2.24) is 0 Å². The molecule has 0 aliphatic heterocycles. The van der Waals surface area contributed by atoms with Crippen LogP contribution in [-0.2, 0) is 11.2 Å². The van der Waals surface area contributed by atoms with Crippen LogP contribution in [0.2, 0.25) is 0 Å². The first-order valence-corrected chi connectivity index (χ1v) is 3.11. The van der Waals surface area contributed by atoms with E-state index in [2.05, 4.69) is 0 Å². The fourth-order valence-electron chi connectivity index (χ4n) is 0.763. The predicted octanol–water partition coefficient (Wildman–Crippen LogP) is 1.86. The third-order valence-corrected chi connectivity index (χ3v) is 1.26. The van der Waals surface area contributed by atoms with Crippen LogP contribution >= 0.6 is 0 Å². The average Bonchev–Trinajstić information content (AvgIpc) is 1.93. The molecule has 0 radical (unpaired) electrons. The van der Waals surface area contributed by atoms with Crippen LogP contribution < -0.4 is 0 Å². The molecule has 0 bridgehead atoms. The molecule has 11 heavy (non-hydrogen) atoms. The number of rotatable bonds is 2. The molecule has 1 rings (SSSR count). The Morgan fingerprint density at radius 1 is 1.27 bits per heavy atom. The normalized spacial score (nSPS) is 9.64. The summed E-state index contributed by atoms with van der Waals surface area (Å²) < 4.78 is 24.0. The molecule has 0 spiro atoms. The molecule has 0 fully saturated rings. The fraction of sp³-hybridized carbons (Fsp3) is 0.125. The van der Waals surface area contributed by atoms with Crippen molar-refractivity contribution in [2.45, 2.75) is 6.42 Å². The van der Waals surface area contributed by atoms with Crippen molar-refractivity contribution in [2.24, 2.45) is 0 Å². The van der Waals surface area contributed by atoms with Crippen LogP contribution in [0.4, 0.5) is 8.78 Å². The number of halogens is 2. The van der Waals surface area contributed by atoms with Gasteiger partial charge in [0.05, 0.1) is 6.42 Å². The Bertz CT molecular complexity index is 253. The Morgan fingerprint density at radius 2 is 1.82 bits per heavy atom. The summed E-state index contributed by atoms with van der Waals surface area (Å²) in [5.41, 5.74) is 0.485. The lowest BCUT2D eigenvalue weighted by molar-refractivity contribution is -0.128. The minimum atomic E-state index is -1.41. The third-order valence-electron chi connectivity index (χ3n) is 1.26. The Balaban J connectivity index is 2.74. The standard InChI is InChI=1S/C8H6F2O/c9-7-3-1-6(2-4-7)5-8(10)11/h1-4H,5H2. The van der Waals surface area contributed by atoms with E-state index in [9.17, 15) is 13.6 Å². The van der Waals surface area contributed by atoms with Crippen LogP contribution in [0.1, 0.15) is 5.56 Å². The molecular weight excluding hydrogens is 150 g/mol. The van der Waals surface area contributed by atoms with Crippen LogP contribution in [-0.4, -0.2) is 6.04 Å². The van der Waals surface area contributed by atoms with E-state index in [0.717, 1.165) is 0 Å². The summed E-state index contributed by atoms with van der Waals surface area (Å²) in [4.78, 5) is 9.94. The van der Waals surface area contributed by atoms with Gasteiger partial charge in [-0.25, -0.2) is 4.39 Å². The Kier molecular flexibility index (Phi) is 2.31. The maximum atomic E-state index is 12.2. The Hall–Kier alpha value is -1.25. The van der Waals surface area contributed by atoms with Crippen LogP contribution in [0.25, 0.3) is 0 Å². The van der Waals surface area contributed by atoms with E-state index in [1.165, 1.54) is 24.3 Å². The summed E-state index contributed by atoms with van der Waals surface area (Å²) >= 11 is 0. The van der Waals surface area contributed by atoms with E-state index in [1.54, 1.807) is 0 Å². The van der Waals surface area contributed by atoms with Crippen LogP contribution in [0.5, 0.6) is 0 Å². The van der Waals surface area contributed by atoms with Gasteiger partial charge in [-0.2, -0.15) is 4.39 Å². The van der Waals surface area contributed by atoms with Gasteiger partial charge in [0.1, 0.15) is 5.82 Å². The van der Waals surface area contributed by atoms with Gasteiger partial charge in [-0.05, 0) is 17.7 Å². The zero-order chi connectivity index (χ0) is 8.27. The number of benzene rings is 1. The fourth-order valence-corrected chi connectivity index (χ4v) is 0.763. The van der Waals surface area contributed by atoms with Crippen molar-refractivity contribution in [3.63, 3.8) is 0 Å². The van der Waals surface area contributed by atoms with Gasteiger partial charge in [-0.15, -0.1) is 0 Å². The SMILES string of the molecule is O=C(F)Cc1ccc(F)cc1. The van der Waals surface area contributed by atoms with E-state index in [4.69, 9.17) is 0 Å². The van der Waals surface area contributed by atoms with Gasteiger partial charge in [-0.3, -0.25) is 4.79 Å². The maximum absolute atomic E-state index is 12.2. The lowest BCUT2D eigenvalue weighted by atomic mass is 10.2. The van der Waals surface area contributed by atoms with Crippen molar-refractivity contribution in [2.75, 3.05) is 0 Å². The topological polar surface area (TPSA) is 17.1 Å². The van der Waals surface area contributed by atoms with Gasteiger partial charge < -0.3 is 0 Å². The first-order valence-electron chi connectivity index (χ1n) is 3.11. The van der Waals surface area contributed by atoms with Crippen molar-refractivity contribution in [3.05, 3.63) is 35.6 Å². The third kappa shape index (κ3) is 2.45. The highest BCUT2D eigenvalue weighted by Crippen LogP contribution is 2.03. The van der Waals surface area contributed by atoms with Crippen molar-refractivity contribution in [1.29, 1.82) is 0 Å². The van der Waals surface area contributed by atoms with Gasteiger partial charge >= 0.3 is 6.04 Å². The lowest BCUT2D eigenvalue weighted by Crippen LogP contribution is -1.93. The minimum absolute atomic E-state index is 0.278.